The minimum Gasteiger partial charge on any atom is -0.305 e. The summed E-state index contributed by atoms with van der Waals surface area (Å²) in [5.74, 6) is 0. The quantitative estimate of drug-likeness (QED) is 0.669. The molecule has 6 heteroatoms. The van der Waals surface area contributed by atoms with Crippen molar-refractivity contribution in [1.29, 1.82) is 0 Å². The first-order chi connectivity index (χ1) is 9.56. The molecule has 1 aromatic carbocycles. The molecule has 0 saturated carbocycles. The highest BCUT2D eigenvalue weighted by atomic mass is 79.9. The van der Waals surface area contributed by atoms with E-state index in [2.05, 4.69) is 26.2 Å². The summed E-state index contributed by atoms with van der Waals surface area (Å²) in [4.78, 5) is 14.7. The first-order valence-electron chi connectivity index (χ1n) is 6.14. The lowest BCUT2D eigenvalue weighted by molar-refractivity contribution is -0.385. The van der Waals surface area contributed by atoms with Gasteiger partial charge in [0.1, 0.15) is 0 Å². The second-order valence-electron chi connectivity index (χ2n) is 4.43. The van der Waals surface area contributed by atoms with Crippen LogP contribution in [0.3, 0.4) is 0 Å². The fourth-order valence-electron chi connectivity index (χ4n) is 1.85. The molecule has 0 fully saturated rings. The van der Waals surface area contributed by atoms with Crippen molar-refractivity contribution in [3.63, 3.8) is 0 Å². The number of hydrogen-bond donors (Lipinski definition) is 1. The van der Waals surface area contributed by atoms with Gasteiger partial charge < -0.3 is 5.32 Å². The van der Waals surface area contributed by atoms with E-state index in [1.165, 1.54) is 6.07 Å². The molecule has 5 nitrogen and oxygen atoms in total. The topological polar surface area (TPSA) is 68.1 Å². The lowest BCUT2D eigenvalue weighted by Gasteiger charge is -2.13. The molecule has 1 aromatic heterocycles. The Labute approximate surface area is 125 Å². The third kappa shape index (κ3) is 3.85. The minimum absolute atomic E-state index is 0.0780. The molecule has 2 aromatic rings. The van der Waals surface area contributed by atoms with Crippen molar-refractivity contribution in [2.24, 2.45) is 0 Å². The Hall–Kier alpha value is -1.79. The molecule has 0 aliphatic carbocycles. The van der Waals surface area contributed by atoms with Gasteiger partial charge in [-0.3, -0.25) is 15.1 Å². The van der Waals surface area contributed by atoms with Gasteiger partial charge in [-0.2, -0.15) is 0 Å². The Kier molecular flexibility index (Phi) is 4.81. The molecule has 104 valence electrons. The number of aromatic nitrogens is 1. The molecule has 0 aliphatic rings. The van der Waals surface area contributed by atoms with Crippen LogP contribution in [0.15, 0.2) is 47.1 Å². The molecular weight excluding hydrogens is 322 g/mol. The molecule has 2 rings (SSSR count). The Morgan fingerprint density at radius 1 is 1.40 bits per heavy atom. The minimum atomic E-state index is -0.392. The number of nitrogens with zero attached hydrogens (tertiary/aromatic N) is 2. The van der Waals surface area contributed by atoms with E-state index in [0.717, 1.165) is 11.3 Å². The smallest absolute Gasteiger partial charge is 0.270 e. The van der Waals surface area contributed by atoms with Crippen LogP contribution in [0.4, 0.5) is 5.69 Å². The average molecular weight is 336 g/mol. The summed E-state index contributed by atoms with van der Waals surface area (Å²) in [6.45, 7) is 2.55. The summed E-state index contributed by atoms with van der Waals surface area (Å²) in [5, 5.41) is 14.1. The lowest BCUT2D eigenvalue weighted by atomic mass is 10.1. The largest absolute Gasteiger partial charge is 0.305 e. The first kappa shape index (κ1) is 14.6. The molecule has 0 amide bonds. The zero-order chi connectivity index (χ0) is 14.5. The van der Waals surface area contributed by atoms with Crippen molar-refractivity contribution in [2.75, 3.05) is 0 Å². The van der Waals surface area contributed by atoms with Gasteiger partial charge in [-0.1, -0.05) is 22.0 Å². The maximum Gasteiger partial charge on any atom is 0.270 e. The predicted octanol–water partition coefficient (Wildman–Crippen LogP) is 3.60. The van der Waals surface area contributed by atoms with Gasteiger partial charge in [0.05, 0.1) is 10.6 Å². The average Bonchev–Trinajstić information content (AvgIpc) is 2.45. The van der Waals surface area contributed by atoms with E-state index in [-0.39, 0.29) is 11.7 Å². The third-order valence-corrected chi connectivity index (χ3v) is 3.35. The molecule has 0 saturated heterocycles. The van der Waals surface area contributed by atoms with E-state index in [1.54, 1.807) is 12.3 Å². The molecule has 1 heterocycles. The van der Waals surface area contributed by atoms with Crippen molar-refractivity contribution in [3.8, 4) is 0 Å². The number of hydrogen-bond acceptors (Lipinski definition) is 4. The molecule has 0 bridgehead atoms. The molecule has 0 aliphatic heterocycles. The standard InChI is InChI=1S/C14H14BrN3O2/c1-10(14-4-2-3-5-16-14)17-9-11-6-12(15)8-13(7-11)18(19)20/h2-8,10,17H,9H2,1H3. The van der Waals surface area contributed by atoms with Gasteiger partial charge >= 0.3 is 0 Å². The summed E-state index contributed by atoms with van der Waals surface area (Å²) in [7, 11) is 0. The highest BCUT2D eigenvalue weighted by Gasteiger charge is 2.10. The number of halogens is 1. The van der Waals surface area contributed by atoms with E-state index < -0.39 is 4.92 Å². The Morgan fingerprint density at radius 3 is 2.85 bits per heavy atom. The van der Waals surface area contributed by atoms with E-state index in [1.807, 2.05) is 31.2 Å². The molecule has 20 heavy (non-hydrogen) atoms. The van der Waals surface area contributed by atoms with Crippen molar-refractivity contribution in [1.82, 2.24) is 10.3 Å². The normalized spacial score (nSPS) is 12.1. The van der Waals surface area contributed by atoms with Crippen molar-refractivity contribution < 1.29 is 4.92 Å². The van der Waals surface area contributed by atoms with E-state index in [9.17, 15) is 10.1 Å². The first-order valence-corrected chi connectivity index (χ1v) is 6.94. The maximum atomic E-state index is 10.8. The second-order valence-corrected chi connectivity index (χ2v) is 5.35. The number of benzene rings is 1. The summed E-state index contributed by atoms with van der Waals surface area (Å²) in [6, 6.07) is 10.8. The fourth-order valence-corrected chi connectivity index (χ4v) is 2.38. The number of nitro groups is 1. The van der Waals surface area contributed by atoms with Crippen LogP contribution < -0.4 is 5.32 Å². The van der Waals surface area contributed by atoms with Gasteiger partial charge in [-0.15, -0.1) is 0 Å². The maximum absolute atomic E-state index is 10.8. The van der Waals surface area contributed by atoms with Gasteiger partial charge in [-0.25, -0.2) is 0 Å². The van der Waals surface area contributed by atoms with E-state index in [4.69, 9.17) is 0 Å². The summed E-state index contributed by atoms with van der Waals surface area (Å²) in [6.07, 6.45) is 1.75. The predicted molar refractivity (Wildman–Crippen MR) is 80.3 cm³/mol. The Morgan fingerprint density at radius 2 is 2.20 bits per heavy atom. The van der Waals surface area contributed by atoms with Crippen LogP contribution in [0.1, 0.15) is 24.2 Å². The van der Waals surface area contributed by atoms with Crippen LogP contribution in [-0.2, 0) is 6.54 Å². The van der Waals surface area contributed by atoms with Gasteiger partial charge in [0.2, 0.25) is 0 Å². The van der Waals surface area contributed by atoms with Crippen molar-refractivity contribution >= 4 is 21.6 Å². The summed E-state index contributed by atoms with van der Waals surface area (Å²) in [5.41, 5.74) is 1.88. The molecule has 1 N–H and O–H groups in total. The van der Waals surface area contributed by atoms with Crippen LogP contribution in [-0.4, -0.2) is 9.91 Å². The Balaban J connectivity index is 2.06. The van der Waals surface area contributed by atoms with E-state index >= 15 is 0 Å². The Bertz CT molecular complexity index is 605. The SMILES string of the molecule is CC(NCc1cc(Br)cc([N+](=O)[O-])c1)c1ccccn1. The van der Waals surface area contributed by atoms with Crippen molar-refractivity contribution in [3.05, 3.63) is 68.4 Å². The monoisotopic (exact) mass is 335 g/mol. The number of non-ortho nitro benzene ring substituents is 1. The summed E-state index contributed by atoms with van der Waals surface area (Å²) < 4.78 is 0.703. The van der Waals surface area contributed by atoms with E-state index in [0.29, 0.717) is 11.0 Å². The summed E-state index contributed by atoms with van der Waals surface area (Å²) >= 11 is 3.29. The fraction of sp³-hybridized carbons (Fsp3) is 0.214. The lowest BCUT2D eigenvalue weighted by Crippen LogP contribution is -2.19. The van der Waals surface area contributed by atoms with Crippen molar-refractivity contribution in [2.45, 2.75) is 19.5 Å². The van der Waals surface area contributed by atoms with Gasteiger partial charge in [0, 0.05) is 35.4 Å². The number of nitro benzene ring substituents is 1. The van der Waals surface area contributed by atoms with Crippen LogP contribution in [0.2, 0.25) is 0 Å². The van der Waals surface area contributed by atoms with Crippen LogP contribution in [0, 0.1) is 10.1 Å². The van der Waals surface area contributed by atoms with Gasteiger partial charge in [0.15, 0.2) is 0 Å². The zero-order valence-electron chi connectivity index (χ0n) is 10.9. The third-order valence-electron chi connectivity index (χ3n) is 2.90. The highest BCUT2D eigenvalue weighted by Crippen LogP contribution is 2.21. The molecule has 1 unspecified atom stereocenters. The number of nitrogens with one attached hydrogen (secondary N) is 1. The molecular formula is C14H14BrN3O2. The van der Waals surface area contributed by atoms with Gasteiger partial charge in [0.25, 0.3) is 5.69 Å². The van der Waals surface area contributed by atoms with Crippen LogP contribution in [0.5, 0.6) is 0 Å². The van der Waals surface area contributed by atoms with Crippen LogP contribution in [0.25, 0.3) is 0 Å². The second kappa shape index (κ2) is 6.58. The molecule has 0 radical (unpaired) electrons. The zero-order valence-corrected chi connectivity index (χ0v) is 12.5. The molecule has 0 spiro atoms. The van der Waals surface area contributed by atoms with Crippen LogP contribution >= 0.6 is 15.9 Å². The number of pyridine rings is 1. The van der Waals surface area contributed by atoms with Gasteiger partial charge in [-0.05, 0) is 30.7 Å². The number of rotatable bonds is 5. The molecule has 1 atom stereocenters. The highest BCUT2D eigenvalue weighted by molar-refractivity contribution is 9.10.